The first-order chi connectivity index (χ1) is 14.3. The minimum absolute atomic E-state index is 0.0208. The van der Waals surface area contributed by atoms with Crippen LogP contribution in [-0.2, 0) is 10.0 Å². The van der Waals surface area contributed by atoms with Gasteiger partial charge in [0.15, 0.2) is 0 Å². The lowest BCUT2D eigenvalue weighted by Gasteiger charge is -2.10. The predicted molar refractivity (Wildman–Crippen MR) is 115 cm³/mol. The second kappa shape index (κ2) is 7.78. The summed E-state index contributed by atoms with van der Waals surface area (Å²) in [5.41, 5.74) is -0.525. The van der Waals surface area contributed by atoms with Gasteiger partial charge >= 0.3 is 5.63 Å². The van der Waals surface area contributed by atoms with E-state index in [4.69, 9.17) is 16.0 Å². The van der Waals surface area contributed by atoms with Gasteiger partial charge in [0.05, 0.1) is 9.92 Å². The standard InChI is InChI=1S/C22H14ClNO5S/c23-19-11-10-15(24-30(27,28)16-7-2-1-3-8-16)13-17(19)21(25)18-12-14-6-4-5-9-20(14)29-22(18)26/h1-13,24H. The molecule has 150 valence electrons. The van der Waals surface area contributed by atoms with Crippen LogP contribution in [0.25, 0.3) is 11.0 Å². The van der Waals surface area contributed by atoms with Crippen molar-refractivity contribution in [2.45, 2.75) is 4.90 Å². The van der Waals surface area contributed by atoms with Crippen molar-refractivity contribution in [2.75, 3.05) is 4.72 Å². The summed E-state index contributed by atoms with van der Waals surface area (Å²) in [6.07, 6.45) is 0. The molecule has 0 fully saturated rings. The molecule has 6 nitrogen and oxygen atoms in total. The Labute approximate surface area is 176 Å². The number of halogens is 1. The molecular weight excluding hydrogens is 426 g/mol. The van der Waals surface area contributed by atoms with Gasteiger partial charge in [-0.15, -0.1) is 0 Å². The molecule has 0 amide bonds. The quantitative estimate of drug-likeness (QED) is 0.365. The molecule has 1 heterocycles. The number of anilines is 1. The third-order valence-corrected chi connectivity index (χ3v) is 6.13. The molecule has 4 aromatic rings. The van der Waals surface area contributed by atoms with E-state index in [9.17, 15) is 18.0 Å². The Hall–Kier alpha value is -3.42. The molecule has 0 spiro atoms. The van der Waals surface area contributed by atoms with Crippen LogP contribution in [0.15, 0.2) is 93.0 Å². The number of sulfonamides is 1. The van der Waals surface area contributed by atoms with Crippen LogP contribution in [0.5, 0.6) is 0 Å². The lowest BCUT2D eigenvalue weighted by molar-refractivity contribution is 0.103. The zero-order chi connectivity index (χ0) is 21.3. The van der Waals surface area contributed by atoms with Gasteiger partial charge in [0.2, 0.25) is 5.78 Å². The fraction of sp³-hybridized carbons (Fsp3) is 0. The summed E-state index contributed by atoms with van der Waals surface area (Å²) in [6, 6.07) is 20.1. The lowest BCUT2D eigenvalue weighted by atomic mass is 10.0. The van der Waals surface area contributed by atoms with Gasteiger partial charge in [-0.3, -0.25) is 9.52 Å². The van der Waals surface area contributed by atoms with Crippen molar-refractivity contribution in [2.24, 2.45) is 0 Å². The number of nitrogens with one attached hydrogen (secondary N) is 1. The summed E-state index contributed by atoms with van der Waals surface area (Å²) in [5.74, 6) is -0.666. The normalized spacial score (nSPS) is 11.4. The van der Waals surface area contributed by atoms with Crippen LogP contribution < -0.4 is 10.3 Å². The molecule has 0 atom stereocenters. The molecule has 1 aromatic heterocycles. The van der Waals surface area contributed by atoms with Gasteiger partial charge in [0, 0.05) is 16.6 Å². The maximum atomic E-state index is 13.0. The number of carbonyl (C=O) groups excluding carboxylic acids is 1. The first-order valence-corrected chi connectivity index (χ1v) is 10.7. The Morgan fingerprint density at radius 1 is 0.867 bits per heavy atom. The first-order valence-electron chi connectivity index (χ1n) is 8.80. The van der Waals surface area contributed by atoms with E-state index < -0.39 is 21.4 Å². The minimum Gasteiger partial charge on any atom is -0.422 e. The van der Waals surface area contributed by atoms with Crippen molar-refractivity contribution in [3.8, 4) is 0 Å². The number of fused-ring (bicyclic) bond motifs is 1. The number of para-hydroxylation sites is 1. The molecule has 0 radical (unpaired) electrons. The molecule has 0 aliphatic rings. The zero-order valence-corrected chi connectivity index (χ0v) is 16.9. The molecule has 30 heavy (non-hydrogen) atoms. The summed E-state index contributed by atoms with van der Waals surface area (Å²) >= 11 is 6.17. The van der Waals surface area contributed by atoms with Crippen molar-refractivity contribution < 1.29 is 17.6 Å². The number of benzene rings is 3. The zero-order valence-electron chi connectivity index (χ0n) is 15.3. The van der Waals surface area contributed by atoms with Crippen LogP contribution in [0, 0.1) is 0 Å². The average Bonchev–Trinajstić information content (AvgIpc) is 2.74. The number of ketones is 1. The van der Waals surface area contributed by atoms with Gasteiger partial charge in [-0.2, -0.15) is 0 Å². The molecular formula is C22H14ClNO5S. The van der Waals surface area contributed by atoms with Gasteiger partial charge in [0.25, 0.3) is 10.0 Å². The molecule has 0 aliphatic heterocycles. The molecule has 1 N–H and O–H groups in total. The van der Waals surface area contributed by atoms with E-state index in [1.165, 1.54) is 36.4 Å². The van der Waals surface area contributed by atoms with Gasteiger partial charge < -0.3 is 4.42 Å². The number of hydrogen-bond donors (Lipinski definition) is 1. The second-order valence-corrected chi connectivity index (χ2v) is 8.52. The van der Waals surface area contributed by atoms with Crippen molar-refractivity contribution in [1.29, 1.82) is 0 Å². The fourth-order valence-corrected chi connectivity index (χ4v) is 4.22. The van der Waals surface area contributed by atoms with Crippen LogP contribution in [-0.4, -0.2) is 14.2 Å². The fourth-order valence-electron chi connectivity index (χ4n) is 2.94. The summed E-state index contributed by atoms with van der Waals surface area (Å²) < 4.78 is 32.7. The van der Waals surface area contributed by atoms with Gasteiger partial charge in [-0.1, -0.05) is 48.0 Å². The average molecular weight is 440 g/mol. The highest BCUT2D eigenvalue weighted by Crippen LogP contribution is 2.25. The summed E-state index contributed by atoms with van der Waals surface area (Å²) in [6.45, 7) is 0. The predicted octanol–water partition coefficient (Wildman–Crippen LogP) is 4.48. The molecule has 0 aliphatic carbocycles. The van der Waals surface area contributed by atoms with Crippen LogP contribution >= 0.6 is 11.6 Å². The lowest BCUT2D eigenvalue weighted by Crippen LogP contribution is -2.16. The van der Waals surface area contributed by atoms with E-state index in [0.29, 0.717) is 11.0 Å². The van der Waals surface area contributed by atoms with Crippen LogP contribution in [0.4, 0.5) is 5.69 Å². The molecule has 0 saturated carbocycles. The summed E-state index contributed by atoms with van der Waals surface area (Å²) in [7, 11) is -3.85. The molecule has 4 rings (SSSR count). The van der Waals surface area contributed by atoms with Crippen molar-refractivity contribution in [3.63, 3.8) is 0 Å². The van der Waals surface area contributed by atoms with Crippen LogP contribution in [0.2, 0.25) is 5.02 Å². The van der Waals surface area contributed by atoms with Gasteiger partial charge in [0.1, 0.15) is 11.1 Å². The number of carbonyl (C=O) groups is 1. The Kier molecular flexibility index (Phi) is 5.15. The van der Waals surface area contributed by atoms with E-state index >= 15 is 0 Å². The SMILES string of the molecule is O=C(c1cc(NS(=O)(=O)c2ccccc2)ccc1Cl)c1cc2ccccc2oc1=O. The maximum absolute atomic E-state index is 13.0. The first kappa shape index (κ1) is 19.9. The van der Waals surface area contributed by atoms with Crippen molar-refractivity contribution in [1.82, 2.24) is 0 Å². The van der Waals surface area contributed by atoms with Crippen molar-refractivity contribution >= 4 is 44.1 Å². The Morgan fingerprint density at radius 2 is 1.57 bits per heavy atom. The third kappa shape index (κ3) is 3.85. The summed E-state index contributed by atoms with van der Waals surface area (Å²) in [5, 5.41) is 0.660. The monoisotopic (exact) mass is 439 g/mol. The maximum Gasteiger partial charge on any atom is 0.347 e. The highest BCUT2D eigenvalue weighted by molar-refractivity contribution is 7.92. The Morgan fingerprint density at radius 3 is 2.33 bits per heavy atom. The van der Waals surface area contributed by atoms with Gasteiger partial charge in [-0.05, 0) is 42.5 Å². The van der Waals surface area contributed by atoms with E-state index in [2.05, 4.69) is 4.72 Å². The molecule has 0 unspecified atom stereocenters. The van der Waals surface area contributed by atoms with E-state index in [1.54, 1.807) is 42.5 Å². The smallest absolute Gasteiger partial charge is 0.347 e. The Balaban J connectivity index is 1.73. The minimum atomic E-state index is -3.85. The molecule has 3 aromatic carbocycles. The summed E-state index contributed by atoms with van der Waals surface area (Å²) in [4.78, 5) is 25.4. The van der Waals surface area contributed by atoms with Crippen LogP contribution in [0.1, 0.15) is 15.9 Å². The van der Waals surface area contributed by atoms with Crippen molar-refractivity contribution in [3.05, 3.63) is 105 Å². The topological polar surface area (TPSA) is 93.4 Å². The van der Waals surface area contributed by atoms with E-state index in [-0.39, 0.29) is 26.7 Å². The van der Waals surface area contributed by atoms with E-state index in [1.807, 2.05) is 0 Å². The molecule has 0 saturated heterocycles. The third-order valence-electron chi connectivity index (χ3n) is 4.40. The molecule has 8 heteroatoms. The van der Waals surface area contributed by atoms with E-state index in [0.717, 1.165) is 0 Å². The second-order valence-electron chi connectivity index (χ2n) is 6.43. The number of rotatable bonds is 5. The molecule has 0 bridgehead atoms. The largest absolute Gasteiger partial charge is 0.422 e. The highest BCUT2D eigenvalue weighted by atomic mass is 35.5. The van der Waals surface area contributed by atoms with Gasteiger partial charge in [-0.25, -0.2) is 13.2 Å². The highest BCUT2D eigenvalue weighted by Gasteiger charge is 2.20. The van der Waals surface area contributed by atoms with Crippen LogP contribution in [0.3, 0.4) is 0 Å². The Bertz CT molecular complexity index is 1430. The number of hydrogen-bond acceptors (Lipinski definition) is 5.